The monoisotopic (exact) mass is 472 g/mol. The molecule has 5 rings (SSSR count). The van der Waals surface area contributed by atoms with Crippen molar-refractivity contribution in [3.8, 4) is 0 Å². The predicted octanol–water partition coefficient (Wildman–Crippen LogP) is 4.55. The Morgan fingerprint density at radius 2 is 1.97 bits per heavy atom. The summed E-state index contributed by atoms with van der Waals surface area (Å²) in [4.78, 5) is 48.2. The van der Waals surface area contributed by atoms with Crippen LogP contribution in [0.2, 0.25) is 0 Å². The molecule has 2 aromatic heterocycles. The molecule has 31 heavy (non-hydrogen) atoms. The topological polar surface area (TPSA) is 92.3 Å². The lowest BCUT2D eigenvalue weighted by molar-refractivity contribution is -0.122. The minimum atomic E-state index is -0.339. The van der Waals surface area contributed by atoms with Crippen LogP contribution < -0.4 is 10.2 Å². The van der Waals surface area contributed by atoms with Crippen LogP contribution in [-0.4, -0.2) is 32.9 Å². The van der Waals surface area contributed by atoms with Gasteiger partial charge in [-0.1, -0.05) is 24.6 Å². The highest BCUT2D eigenvalue weighted by Gasteiger charge is 2.48. The zero-order valence-electron chi connectivity index (χ0n) is 16.7. The molecule has 10 heteroatoms. The van der Waals surface area contributed by atoms with Gasteiger partial charge in [0.2, 0.25) is 17.7 Å². The number of anilines is 2. The Hall–Kier alpha value is -2.30. The van der Waals surface area contributed by atoms with Crippen molar-refractivity contribution in [3.63, 3.8) is 0 Å². The smallest absolute Gasteiger partial charge is 0.239 e. The number of carbonyl (C=O) groups is 3. The number of aromatic nitrogens is 2. The van der Waals surface area contributed by atoms with E-state index in [4.69, 9.17) is 0 Å². The number of nitrogens with one attached hydrogen (secondary N) is 1. The Kier molecular flexibility index (Phi) is 5.53. The molecule has 160 valence electrons. The van der Waals surface area contributed by atoms with Crippen molar-refractivity contribution in [1.82, 2.24) is 9.97 Å². The van der Waals surface area contributed by atoms with Gasteiger partial charge in [0, 0.05) is 11.6 Å². The number of thioether (sulfide) groups is 1. The van der Waals surface area contributed by atoms with Crippen molar-refractivity contribution < 1.29 is 14.4 Å². The summed E-state index contributed by atoms with van der Waals surface area (Å²) in [5.41, 5.74) is 1.41. The van der Waals surface area contributed by atoms with E-state index in [0.29, 0.717) is 10.8 Å². The van der Waals surface area contributed by atoms with Crippen molar-refractivity contribution in [2.75, 3.05) is 10.2 Å². The third-order valence-corrected chi connectivity index (χ3v) is 8.66. The molecular weight excluding hydrogens is 452 g/mol. The molecule has 7 nitrogen and oxygen atoms in total. The van der Waals surface area contributed by atoms with Gasteiger partial charge < -0.3 is 5.32 Å². The Bertz CT molecular complexity index is 1140. The molecule has 2 aliphatic rings. The molecule has 2 fully saturated rings. The molecule has 3 heterocycles. The molecule has 3 aromatic rings. The van der Waals surface area contributed by atoms with Gasteiger partial charge in [0.05, 0.1) is 33.0 Å². The van der Waals surface area contributed by atoms with Crippen molar-refractivity contribution in [2.24, 2.45) is 11.8 Å². The first-order valence-corrected chi connectivity index (χ1v) is 12.7. The van der Waals surface area contributed by atoms with Gasteiger partial charge in [-0.15, -0.1) is 22.7 Å². The Morgan fingerprint density at radius 1 is 1.23 bits per heavy atom. The average Bonchev–Trinajstić information content (AvgIpc) is 3.47. The number of nitrogens with zero attached hydrogens (tertiary/aromatic N) is 3. The van der Waals surface area contributed by atoms with E-state index in [-0.39, 0.29) is 34.8 Å². The highest BCUT2D eigenvalue weighted by atomic mass is 32.2. The summed E-state index contributed by atoms with van der Waals surface area (Å²) < 4.78 is 1.66. The molecule has 0 bridgehead atoms. The fraction of sp³-hybridized carbons (Fsp3) is 0.381. The van der Waals surface area contributed by atoms with E-state index in [1.165, 1.54) is 39.3 Å². The van der Waals surface area contributed by atoms with Gasteiger partial charge >= 0.3 is 0 Å². The summed E-state index contributed by atoms with van der Waals surface area (Å²) in [5, 5.41) is 4.84. The number of rotatable bonds is 5. The SMILES string of the molecule is C[C@H](Sc1nc2ccc(N3C(=O)[C@H]4CCCC[C@@H]4C3=O)cc2s1)C(=O)Nc1nccs1. The lowest BCUT2D eigenvalue weighted by Gasteiger charge is -2.19. The first kappa shape index (κ1) is 20.6. The highest BCUT2D eigenvalue weighted by Crippen LogP contribution is 2.41. The van der Waals surface area contributed by atoms with Crippen LogP contribution in [0, 0.1) is 11.8 Å². The first-order chi connectivity index (χ1) is 15.0. The lowest BCUT2D eigenvalue weighted by Crippen LogP contribution is -2.30. The molecule has 0 spiro atoms. The van der Waals surface area contributed by atoms with Crippen molar-refractivity contribution in [3.05, 3.63) is 29.8 Å². The normalized spacial score (nSPS) is 22.0. The van der Waals surface area contributed by atoms with E-state index in [1.54, 1.807) is 12.3 Å². The van der Waals surface area contributed by atoms with Gasteiger partial charge in [-0.05, 0) is 38.0 Å². The third-order valence-electron chi connectivity index (χ3n) is 5.76. The Morgan fingerprint density at radius 3 is 2.65 bits per heavy atom. The minimum Gasteiger partial charge on any atom is -0.301 e. The number of hydrogen-bond acceptors (Lipinski definition) is 8. The summed E-state index contributed by atoms with van der Waals surface area (Å²) >= 11 is 4.22. The average molecular weight is 473 g/mol. The maximum atomic E-state index is 12.9. The molecule has 3 atom stereocenters. The van der Waals surface area contributed by atoms with Crippen LogP contribution in [0.15, 0.2) is 34.1 Å². The van der Waals surface area contributed by atoms with E-state index in [2.05, 4.69) is 15.3 Å². The van der Waals surface area contributed by atoms with E-state index < -0.39 is 0 Å². The minimum absolute atomic E-state index is 0.0688. The summed E-state index contributed by atoms with van der Waals surface area (Å²) in [5.74, 6) is -0.597. The maximum absolute atomic E-state index is 12.9. The number of thiazole rings is 2. The third kappa shape index (κ3) is 3.88. The summed E-state index contributed by atoms with van der Waals surface area (Å²) in [6, 6.07) is 5.50. The van der Waals surface area contributed by atoms with Crippen LogP contribution in [0.25, 0.3) is 10.2 Å². The van der Waals surface area contributed by atoms with Crippen molar-refractivity contribution in [2.45, 2.75) is 42.2 Å². The van der Waals surface area contributed by atoms with Gasteiger partial charge in [0.15, 0.2) is 9.47 Å². The van der Waals surface area contributed by atoms with Gasteiger partial charge in [-0.2, -0.15) is 0 Å². The van der Waals surface area contributed by atoms with E-state index in [1.807, 2.05) is 24.4 Å². The van der Waals surface area contributed by atoms with Crippen LogP contribution >= 0.6 is 34.4 Å². The maximum Gasteiger partial charge on any atom is 0.239 e. The summed E-state index contributed by atoms with van der Waals surface area (Å²) in [6.07, 6.45) is 5.27. The van der Waals surface area contributed by atoms with E-state index in [9.17, 15) is 14.4 Å². The molecule has 3 amide bonds. The highest BCUT2D eigenvalue weighted by molar-refractivity contribution is 8.02. The first-order valence-electron chi connectivity index (χ1n) is 10.2. The molecule has 1 aliphatic heterocycles. The molecule has 1 N–H and O–H groups in total. The second kappa shape index (κ2) is 8.33. The molecular formula is C21H20N4O3S3. The summed E-state index contributed by atoms with van der Waals surface area (Å²) in [7, 11) is 0. The molecule has 1 saturated heterocycles. The second-order valence-electron chi connectivity index (χ2n) is 7.73. The predicted molar refractivity (Wildman–Crippen MR) is 124 cm³/mol. The van der Waals surface area contributed by atoms with Crippen LogP contribution in [-0.2, 0) is 14.4 Å². The van der Waals surface area contributed by atoms with Gasteiger partial charge in [0.25, 0.3) is 0 Å². The number of benzene rings is 1. The van der Waals surface area contributed by atoms with E-state index in [0.717, 1.165) is 40.2 Å². The molecule has 0 radical (unpaired) electrons. The van der Waals surface area contributed by atoms with Crippen molar-refractivity contribution in [1.29, 1.82) is 0 Å². The number of hydrogen-bond donors (Lipinski definition) is 1. The van der Waals surface area contributed by atoms with Gasteiger partial charge in [0.1, 0.15) is 0 Å². The van der Waals surface area contributed by atoms with E-state index >= 15 is 0 Å². The van der Waals surface area contributed by atoms with Crippen LogP contribution in [0.4, 0.5) is 10.8 Å². The standard InChI is InChI=1S/C21H20N4O3S3/c1-11(17(26)24-20-22-8-9-29-20)30-21-23-15-7-6-12(10-16(15)31-21)25-18(27)13-4-2-3-5-14(13)19(25)28/h6-11,13-14H,2-5H2,1H3,(H,22,24,26)/t11-,13-,14-/m0/s1. The number of fused-ring (bicyclic) bond motifs is 2. The second-order valence-corrected chi connectivity index (χ2v) is 11.2. The largest absolute Gasteiger partial charge is 0.301 e. The molecule has 1 aliphatic carbocycles. The molecule has 1 saturated carbocycles. The summed E-state index contributed by atoms with van der Waals surface area (Å²) in [6.45, 7) is 1.83. The van der Waals surface area contributed by atoms with Crippen LogP contribution in [0.3, 0.4) is 0 Å². The van der Waals surface area contributed by atoms with Gasteiger partial charge in [-0.3, -0.25) is 19.3 Å². The molecule has 0 unspecified atom stereocenters. The van der Waals surface area contributed by atoms with Crippen molar-refractivity contribution >= 4 is 73.2 Å². The Balaban J connectivity index is 1.34. The zero-order chi connectivity index (χ0) is 21.5. The van der Waals surface area contributed by atoms with Gasteiger partial charge in [-0.25, -0.2) is 9.97 Å². The fourth-order valence-corrected chi connectivity index (χ4v) is 6.97. The van der Waals surface area contributed by atoms with Crippen LogP contribution in [0.1, 0.15) is 32.6 Å². The molecule has 1 aromatic carbocycles. The quantitative estimate of drug-likeness (QED) is 0.433. The number of amides is 3. The Labute approximate surface area is 191 Å². The number of carbonyl (C=O) groups excluding carboxylic acids is 3. The fourth-order valence-electron chi connectivity index (χ4n) is 4.20. The number of imide groups is 1. The lowest BCUT2D eigenvalue weighted by atomic mass is 9.81. The van der Waals surface area contributed by atoms with Crippen LogP contribution in [0.5, 0.6) is 0 Å². The zero-order valence-corrected chi connectivity index (χ0v) is 19.2.